The molecule has 2 aromatic carbocycles. The van der Waals surface area contributed by atoms with E-state index in [-0.39, 0.29) is 44.1 Å². The number of fused-ring (bicyclic) bond motifs is 5. The van der Waals surface area contributed by atoms with E-state index in [4.69, 9.17) is 23.2 Å². The number of rotatable bonds is 4. The maximum atomic E-state index is 13.9. The third-order valence-corrected chi connectivity index (χ3v) is 8.91. The molecular formula is C29H22Cl2FN7O2. The third kappa shape index (κ3) is 3.92. The number of aromatic nitrogens is 5. The number of hydrogen-bond acceptors (Lipinski definition) is 6. The first kappa shape index (κ1) is 24.8. The zero-order valence-electron chi connectivity index (χ0n) is 21.6. The Hall–Kier alpha value is -4.02. The van der Waals surface area contributed by atoms with Crippen LogP contribution in [0.25, 0.3) is 22.5 Å². The topological polar surface area (TPSA) is 97.4 Å². The average Bonchev–Trinajstić information content (AvgIpc) is 3.88. The summed E-state index contributed by atoms with van der Waals surface area (Å²) in [5.41, 5.74) is 3.30. The Morgan fingerprint density at radius 3 is 2.61 bits per heavy atom. The highest BCUT2D eigenvalue weighted by Crippen LogP contribution is 2.53. The Labute approximate surface area is 242 Å². The molecule has 1 aliphatic heterocycles. The van der Waals surface area contributed by atoms with Gasteiger partial charge >= 0.3 is 0 Å². The van der Waals surface area contributed by atoms with E-state index in [0.29, 0.717) is 18.1 Å². The van der Waals surface area contributed by atoms with Crippen LogP contribution < -0.4 is 10.9 Å². The Kier molecular flexibility index (Phi) is 5.28. The maximum Gasteiger partial charge on any atom is 0.270 e. The van der Waals surface area contributed by atoms with Crippen molar-refractivity contribution >= 4 is 57.6 Å². The molecular weight excluding hydrogens is 568 g/mol. The van der Waals surface area contributed by atoms with E-state index in [1.165, 1.54) is 22.5 Å². The number of amides is 1. The first-order valence-corrected chi connectivity index (χ1v) is 14.2. The normalized spacial score (nSPS) is 17.3. The number of nitrogens with zero attached hydrogens (tertiary/aromatic N) is 6. The monoisotopic (exact) mass is 589 g/mol. The molecule has 1 N–H and O–H groups in total. The van der Waals surface area contributed by atoms with Gasteiger partial charge in [0.2, 0.25) is 17.6 Å². The van der Waals surface area contributed by atoms with Gasteiger partial charge in [-0.2, -0.15) is 4.98 Å². The van der Waals surface area contributed by atoms with Crippen molar-refractivity contribution < 1.29 is 9.18 Å². The van der Waals surface area contributed by atoms with E-state index in [1.54, 1.807) is 10.6 Å². The van der Waals surface area contributed by atoms with Gasteiger partial charge in [-0.05, 0) is 61.1 Å². The fraction of sp³-hybridized carbons (Fsp3) is 0.276. The quantitative estimate of drug-likeness (QED) is 0.301. The lowest BCUT2D eigenvalue weighted by atomic mass is 9.86. The van der Waals surface area contributed by atoms with Gasteiger partial charge in [0.25, 0.3) is 5.56 Å². The SMILES string of the molecule is O=C(C1CC1)N1Cc2cc(Nc3ncc4c(=O)n(-c5c(Cl)cc(F)cc5Cl)c5nccn5c4n3)ccc2C2(CC2)C1. The molecule has 0 bridgehead atoms. The fourth-order valence-electron chi connectivity index (χ4n) is 6.04. The summed E-state index contributed by atoms with van der Waals surface area (Å²) in [6, 6.07) is 8.40. The lowest BCUT2D eigenvalue weighted by Gasteiger charge is -2.35. The Morgan fingerprint density at radius 2 is 1.88 bits per heavy atom. The molecule has 0 atom stereocenters. The second-order valence-electron chi connectivity index (χ2n) is 11.1. The van der Waals surface area contributed by atoms with Gasteiger partial charge in [-0.1, -0.05) is 29.3 Å². The van der Waals surface area contributed by atoms with E-state index in [9.17, 15) is 14.0 Å². The Bertz CT molecular complexity index is 1970. The summed E-state index contributed by atoms with van der Waals surface area (Å²) in [6.45, 7) is 1.41. The van der Waals surface area contributed by atoms with Gasteiger partial charge in [0.05, 0.1) is 15.7 Å². The molecule has 4 heterocycles. The smallest absolute Gasteiger partial charge is 0.270 e. The molecule has 1 spiro atoms. The number of nitrogens with one attached hydrogen (secondary N) is 1. The van der Waals surface area contributed by atoms with Gasteiger partial charge in [-0.25, -0.2) is 18.9 Å². The Balaban J connectivity index is 1.18. The van der Waals surface area contributed by atoms with Crippen LogP contribution in [0.1, 0.15) is 36.8 Å². The highest BCUT2D eigenvalue weighted by molar-refractivity contribution is 6.37. The predicted molar refractivity (Wildman–Crippen MR) is 153 cm³/mol. The van der Waals surface area contributed by atoms with Gasteiger partial charge in [-0.3, -0.25) is 14.0 Å². The predicted octanol–water partition coefficient (Wildman–Crippen LogP) is 5.40. The molecule has 41 heavy (non-hydrogen) atoms. The summed E-state index contributed by atoms with van der Waals surface area (Å²) in [5.74, 6) is 0.361. The highest BCUT2D eigenvalue weighted by Gasteiger charge is 2.51. The van der Waals surface area contributed by atoms with E-state index in [2.05, 4.69) is 32.4 Å². The van der Waals surface area contributed by atoms with Crippen LogP contribution in [0.3, 0.4) is 0 Å². The molecule has 2 fully saturated rings. The van der Waals surface area contributed by atoms with Crippen molar-refractivity contribution in [3.63, 3.8) is 0 Å². The molecule has 206 valence electrons. The summed E-state index contributed by atoms with van der Waals surface area (Å²) >= 11 is 12.6. The number of carbonyl (C=O) groups is 1. The van der Waals surface area contributed by atoms with Gasteiger partial charge in [0, 0.05) is 48.7 Å². The standard InChI is InChI=1S/C29H22Cl2FN7O2/c30-21-10-17(32)11-22(31)23(21)39-26(41)19-12-34-27(36-24(19)38-8-7-33-28(38)39)35-18-3-4-20-16(9-18)13-37(14-29(20)5-6-29)25(40)15-1-2-15/h3-4,7-12,15H,1-2,5-6,13-14H2,(H,34,35,36). The number of halogens is 3. The third-order valence-electron chi connectivity index (χ3n) is 8.34. The molecule has 5 aromatic rings. The summed E-state index contributed by atoms with van der Waals surface area (Å²) in [6.07, 6.45) is 8.81. The van der Waals surface area contributed by atoms with E-state index in [1.807, 2.05) is 11.0 Å². The van der Waals surface area contributed by atoms with Crippen LogP contribution in [0.15, 0.2) is 53.7 Å². The van der Waals surface area contributed by atoms with E-state index >= 15 is 0 Å². The molecule has 12 heteroatoms. The van der Waals surface area contributed by atoms with Crippen molar-refractivity contribution in [1.82, 2.24) is 28.8 Å². The number of imidazole rings is 1. The molecule has 0 saturated heterocycles. The summed E-state index contributed by atoms with van der Waals surface area (Å²) < 4.78 is 16.7. The van der Waals surface area contributed by atoms with Crippen molar-refractivity contribution in [1.29, 1.82) is 0 Å². The van der Waals surface area contributed by atoms with Gasteiger partial charge in [0.1, 0.15) is 11.2 Å². The number of anilines is 2. The largest absolute Gasteiger partial charge is 0.337 e. The first-order valence-electron chi connectivity index (χ1n) is 13.4. The lowest BCUT2D eigenvalue weighted by molar-refractivity contribution is -0.134. The van der Waals surface area contributed by atoms with Crippen LogP contribution >= 0.6 is 23.2 Å². The van der Waals surface area contributed by atoms with Crippen LogP contribution in [-0.2, 0) is 16.8 Å². The first-order chi connectivity index (χ1) is 19.8. The van der Waals surface area contributed by atoms with Crippen molar-refractivity contribution in [3.8, 4) is 5.69 Å². The van der Waals surface area contributed by atoms with Crippen molar-refractivity contribution in [2.75, 3.05) is 11.9 Å². The van der Waals surface area contributed by atoms with Crippen molar-refractivity contribution in [2.24, 2.45) is 5.92 Å². The van der Waals surface area contributed by atoms with Gasteiger partial charge in [-0.15, -0.1) is 0 Å². The molecule has 0 unspecified atom stereocenters. The Morgan fingerprint density at radius 1 is 1.10 bits per heavy atom. The number of benzene rings is 2. The molecule has 3 aromatic heterocycles. The number of hydrogen-bond donors (Lipinski definition) is 1. The second-order valence-corrected chi connectivity index (χ2v) is 11.9. The van der Waals surface area contributed by atoms with Gasteiger partial charge < -0.3 is 10.2 Å². The minimum absolute atomic E-state index is 0.0293. The van der Waals surface area contributed by atoms with E-state index < -0.39 is 11.4 Å². The van der Waals surface area contributed by atoms with Crippen LogP contribution in [0.4, 0.5) is 16.0 Å². The van der Waals surface area contributed by atoms with E-state index in [0.717, 1.165) is 55.6 Å². The van der Waals surface area contributed by atoms with Crippen molar-refractivity contribution in [2.45, 2.75) is 37.6 Å². The van der Waals surface area contributed by atoms with Crippen LogP contribution in [0.2, 0.25) is 10.0 Å². The van der Waals surface area contributed by atoms with Gasteiger partial charge in [0.15, 0.2) is 5.65 Å². The molecule has 2 aliphatic carbocycles. The molecule has 9 nitrogen and oxygen atoms in total. The molecule has 0 radical (unpaired) electrons. The highest BCUT2D eigenvalue weighted by atomic mass is 35.5. The molecule has 8 rings (SSSR count). The van der Waals surface area contributed by atoms with Crippen molar-refractivity contribution in [3.05, 3.63) is 86.3 Å². The minimum Gasteiger partial charge on any atom is -0.337 e. The summed E-state index contributed by atoms with van der Waals surface area (Å²) in [5, 5.41) is 3.41. The zero-order valence-corrected chi connectivity index (χ0v) is 23.1. The summed E-state index contributed by atoms with van der Waals surface area (Å²) in [4.78, 5) is 41.9. The lowest BCUT2D eigenvalue weighted by Crippen LogP contribution is -2.42. The summed E-state index contributed by atoms with van der Waals surface area (Å²) in [7, 11) is 0. The zero-order chi connectivity index (χ0) is 28.0. The minimum atomic E-state index is -0.618. The van der Waals surface area contributed by atoms with Crippen LogP contribution in [0, 0.1) is 11.7 Å². The molecule has 1 amide bonds. The second kappa shape index (κ2) is 8.74. The maximum absolute atomic E-state index is 13.9. The fourth-order valence-corrected chi connectivity index (χ4v) is 6.67. The van der Waals surface area contributed by atoms with Crippen LogP contribution in [-0.4, -0.2) is 41.3 Å². The molecule has 3 aliphatic rings. The number of carbonyl (C=O) groups excluding carboxylic acids is 1. The average molecular weight is 590 g/mol. The molecule has 2 saturated carbocycles. The van der Waals surface area contributed by atoms with Crippen LogP contribution in [0.5, 0.6) is 0 Å².